The third kappa shape index (κ3) is 4.16. The predicted octanol–water partition coefficient (Wildman–Crippen LogP) is 3.65. The zero-order valence-corrected chi connectivity index (χ0v) is 19.1. The van der Waals surface area contributed by atoms with Crippen LogP contribution in [0.5, 0.6) is 28.7 Å². The fourth-order valence-corrected chi connectivity index (χ4v) is 3.74. The molecule has 0 bridgehead atoms. The van der Waals surface area contributed by atoms with Gasteiger partial charge in [0.05, 0.1) is 46.8 Å². The van der Waals surface area contributed by atoms with Gasteiger partial charge in [-0.2, -0.15) is 0 Å². The molecule has 0 atom stereocenters. The summed E-state index contributed by atoms with van der Waals surface area (Å²) in [5.41, 5.74) is 9.24. The summed E-state index contributed by atoms with van der Waals surface area (Å²) >= 11 is 0. The number of ether oxygens (including phenoxy) is 5. The summed E-state index contributed by atoms with van der Waals surface area (Å²) in [6, 6.07) is 11.0. The van der Waals surface area contributed by atoms with Crippen LogP contribution in [0.25, 0.3) is 11.3 Å². The number of carbonyl (C=O) groups excluding carboxylic acids is 1. The second-order valence-electron chi connectivity index (χ2n) is 7.08. The Bertz CT molecular complexity index is 1110. The molecule has 3 rings (SSSR count). The molecule has 1 heterocycles. The van der Waals surface area contributed by atoms with E-state index >= 15 is 0 Å². The quantitative estimate of drug-likeness (QED) is 0.546. The van der Waals surface area contributed by atoms with Crippen LogP contribution in [-0.4, -0.2) is 46.0 Å². The van der Waals surface area contributed by atoms with Crippen molar-refractivity contribution >= 4 is 5.91 Å². The first-order chi connectivity index (χ1) is 15.4. The van der Waals surface area contributed by atoms with Crippen LogP contribution in [-0.2, 0) is 6.54 Å². The fraction of sp³-hybridized carbons (Fsp3) is 0.292. The molecule has 0 saturated heterocycles. The molecule has 8 nitrogen and oxygen atoms in total. The number of hydrogen-bond acceptors (Lipinski definition) is 6. The Morgan fingerprint density at radius 3 is 1.97 bits per heavy atom. The van der Waals surface area contributed by atoms with Crippen LogP contribution in [0.1, 0.15) is 21.6 Å². The molecule has 1 amide bonds. The molecule has 170 valence electrons. The summed E-state index contributed by atoms with van der Waals surface area (Å²) < 4.78 is 29.4. The van der Waals surface area contributed by atoms with Crippen molar-refractivity contribution in [3.05, 3.63) is 53.2 Å². The first kappa shape index (κ1) is 22.9. The molecule has 0 unspecified atom stereocenters. The molecular weight excluding hydrogens is 412 g/mol. The van der Waals surface area contributed by atoms with E-state index in [4.69, 9.17) is 29.4 Å². The smallest absolute Gasteiger partial charge is 0.250 e. The maximum Gasteiger partial charge on any atom is 0.250 e. The monoisotopic (exact) mass is 440 g/mol. The third-order valence-electron chi connectivity index (χ3n) is 5.38. The number of carbonyl (C=O) groups is 1. The van der Waals surface area contributed by atoms with Crippen LogP contribution < -0.4 is 29.4 Å². The summed E-state index contributed by atoms with van der Waals surface area (Å²) in [5, 5.41) is 0. The van der Waals surface area contributed by atoms with Crippen LogP contribution in [0.4, 0.5) is 0 Å². The van der Waals surface area contributed by atoms with Gasteiger partial charge in [0.15, 0.2) is 11.5 Å². The Morgan fingerprint density at radius 1 is 0.844 bits per heavy atom. The van der Waals surface area contributed by atoms with Gasteiger partial charge in [0.2, 0.25) is 5.75 Å². The van der Waals surface area contributed by atoms with Gasteiger partial charge in [-0.1, -0.05) is 0 Å². The average molecular weight is 440 g/mol. The Morgan fingerprint density at radius 2 is 1.47 bits per heavy atom. The van der Waals surface area contributed by atoms with Crippen LogP contribution >= 0.6 is 0 Å². The average Bonchev–Trinajstić information content (AvgIpc) is 3.13. The number of aromatic nitrogens is 1. The van der Waals surface area contributed by atoms with Gasteiger partial charge in [-0.25, -0.2) is 0 Å². The van der Waals surface area contributed by atoms with Crippen molar-refractivity contribution < 1.29 is 28.5 Å². The summed E-state index contributed by atoms with van der Waals surface area (Å²) in [5.74, 6) is 2.40. The Labute approximate surface area is 187 Å². The van der Waals surface area contributed by atoms with Crippen molar-refractivity contribution in [1.82, 2.24) is 4.57 Å². The standard InChI is InChI=1S/C24H28N2O6/c1-14-17(24(25)27)12-19(18-11-16(28-2)7-8-20(18)29-3)26(14)13-15-9-21(30-4)23(32-6)22(10-15)31-5/h7-12H,13H2,1-6H3,(H2,25,27). The van der Waals surface area contributed by atoms with E-state index in [0.717, 1.165) is 22.5 Å². The second kappa shape index (κ2) is 9.55. The summed E-state index contributed by atoms with van der Waals surface area (Å²) in [6.07, 6.45) is 0. The topological polar surface area (TPSA) is 94.2 Å². The molecule has 2 N–H and O–H groups in total. The van der Waals surface area contributed by atoms with Crippen LogP contribution in [0, 0.1) is 6.92 Å². The van der Waals surface area contributed by atoms with E-state index in [1.54, 1.807) is 41.6 Å². The van der Waals surface area contributed by atoms with Crippen molar-refractivity contribution in [3.63, 3.8) is 0 Å². The molecule has 0 aliphatic carbocycles. The van der Waals surface area contributed by atoms with Crippen LogP contribution in [0.15, 0.2) is 36.4 Å². The van der Waals surface area contributed by atoms with Gasteiger partial charge in [-0.15, -0.1) is 0 Å². The van der Waals surface area contributed by atoms with Gasteiger partial charge in [-0.05, 0) is 48.9 Å². The van der Waals surface area contributed by atoms with Crippen molar-refractivity contribution in [2.24, 2.45) is 5.73 Å². The second-order valence-corrected chi connectivity index (χ2v) is 7.08. The van der Waals surface area contributed by atoms with Crippen molar-refractivity contribution in [2.45, 2.75) is 13.5 Å². The zero-order chi connectivity index (χ0) is 23.4. The highest BCUT2D eigenvalue weighted by Gasteiger charge is 2.21. The highest BCUT2D eigenvalue weighted by atomic mass is 16.5. The molecule has 3 aromatic rings. The first-order valence-corrected chi connectivity index (χ1v) is 9.89. The van der Waals surface area contributed by atoms with Crippen molar-refractivity contribution in [2.75, 3.05) is 35.5 Å². The van der Waals surface area contributed by atoms with Gasteiger partial charge < -0.3 is 34.0 Å². The minimum absolute atomic E-state index is 0.422. The third-order valence-corrected chi connectivity index (χ3v) is 5.38. The molecule has 0 fully saturated rings. The highest BCUT2D eigenvalue weighted by Crippen LogP contribution is 2.40. The number of amides is 1. The summed E-state index contributed by atoms with van der Waals surface area (Å²) in [7, 11) is 7.89. The minimum atomic E-state index is -0.505. The normalized spacial score (nSPS) is 10.6. The number of primary amides is 1. The first-order valence-electron chi connectivity index (χ1n) is 9.89. The Balaban J connectivity index is 2.22. The largest absolute Gasteiger partial charge is 0.497 e. The number of nitrogens with two attached hydrogens (primary N) is 1. The van der Waals surface area contributed by atoms with Crippen molar-refractivity contribution in [1.29, 1.82) is 0 Å². The zero-order valence-electron chi connectivity index (χ0n) is 19.1. The molecule has 0 aliphatic rings. The maximum atomic E-state index is 12.1. The molecular formula is C24H28N2O6. The van der Waals surface area contributed by atoms with E-state index in [0.29, 0.717) is 40.9 Å². The lowest BCUT2D eigenvalue weighted by molar-refractivity contribution is 0.0999. The molecule has 0 spiro atoms. The number of benzene rings is 2. The van der Waals surface area contributed by atoms with Gasteiger partial charge in [-0.3, -0.25) is 4.79 Å². The van der Waals surface area contributed by atoms with Gasteiger partial charge in [0.25, 0.3) is 5.91 Å². The Hall–Kier alpha value is -3.81. The van der Waals surface area contributed by atoms with E-state index in [-0.39, 0.29) is 0 Å². The van der Waals surface area contributed by atoms with Crippen LogP contribution in [0.2, 0.25) is 0 Å². The summed E-state index contributed by atoms with van der Waals surface area (Å²) in [6.45, 7) is 2.28. The molecule has 0 radical (unpaired) electrons. The van der Waals surface area contributed by atoms with Gasteiger partial charge >= 0.3 is 0 Å². The molecule has 0 saturated carbocycles. The molecule has 1 aromatic heterocycles. The maximum absolute atomic E-state index is 12.1. The highest BCUT2D eigenvalue weighted by molar-refractivity contribution is 5.96. The molecule has 2 aromatic carbocycles. The molecule has 0 aliphatic heterocycles. The predicted molar refractivity (Wildman–Crippen MR) is 121 cm³/mol. The van der Waals surface area contributed by atoms with E-state index in [1.165, 1.54) is 0 Å². The SMILES string of the molecule is COc1ccc(OC)c(-c2cc(C(N)=O)c(C)n2Cc2cc(OC)c(OC)c(OC)c2)c1. The van der Waals surface area contributed by atoms with E-state index < -0.39 is 5.91 Å². The number of hydrogen-bond donors (Lipinski definition) is 1. The number of rotatable bonds is 9. The summed E-state index contributed by atoms with van der Waals surface area (Å²) in [4.78, 5) is 12.1. The van der Waals surface area contributed by atoms with Gasteiger partial charge in [0.1, 0.15) is 11.5 Å². The lowest BCUT2D eigenvalue weighted by atomic mass is 10.1. The number of methoxy groups -OCH3 is 5. The lowest BCUT2D eigenvalue weighted by Gasteiger charge is -2.18. The van der Waals surface area contributed by atoms with Crippen molar-refractivity contribution in [3.8, 4) is 40.0 Å². The number of nitrogens with zero attached hydrogens (tertiary/aromatic N) is 1. The lowest BCUT2D eigenvalue weighted by Crippen LogP contribution is -2.13. The Kier molecular flexibility index (Phi) is 6.82. The van der Waals surface area contributed by atoms with Crippen LogP contribution in [0.3, 0.4) is 0 Å². The fourth-order valence-electron chi connectivity index (χ4n) is 3.74. The van der Waals surface area contributed by atoms with Gasteiger partial charge in [0, 0.05) is 17.8 Å². The minimum Gasteiger partial charge on any atom is -0.497 e. The molecule has 8 heteroatoms. The van der Waals surface area contributed by atoms with E-state index in [2.05, 4.69) is 0 Å². The molecule has 32 heavy (non-hydrogen) atoms. The van der Waals surface area contributed by atoms with E-state index in [9.17, 15) is 4.79 Å². The van der Waals surface area contributed by atoms with E-state index in [1.807, 2.05) is 41.8 Å².